The molecule has 2 aliphatic rings. The van der Waals surface area contributed by atoms with Crippen LogP contribution in [0.5, 0.6) is 5.75 Å². The Hall–Kier alpha value is -3.72. The van der Waals surface area contributed by atoms with E-state index in [1.54, 1.807) is 41.3 Å². The highest BCUT2D eigenvalue weighted by molar-refractivity contribution is 7.89. The molecule has 1 amide bonds. The molecule has 12 nitrogen and oxygen atoms in total. The van der Waals surface area contributed by atoms with Crippen molar-refractivity contribution < 1.29 is 27.4 Å². The number of nitrogens with zero attached hydrogens (tertiary/aromatic N) is 5. The van der Waals surface area contributed by atoms with Gasteiger partial charge in [-0.1, -0.05) is 29.3 Å². The summed E-state index contributed by atoms with van der Waals surface area (Å²) < 4.78 is 48.2. The molecule has 15 heteroatoms. The van der Waals surface area contributed by atoms with E-state index in [0.29, 0.717) is 53.2 Å². The number of amides is 1. The lowest BCUT2D eigenvalue weighted by molar-refractivity contribution is -0.190. The molecule has 2 atom stereocenters. The molecule has 6 rings (SSSR count). The van der Waals surface area contributed by atoms with E-state index in [0.717, 1.165) is 5.69 Å². The van der Waals surface area contributed by atoms with E-state index in [2.05, 4.69) is 20.3 Å². The second kappa shape index (κ2) is 13.6. The second-order valence-electron chi connectivity index (χ2n) is 10.9. The molecule has 0 spiro atoms. The van der Waals surface area contributed by atoms with Crippen molar-refractivity contribution in [3.8, 4) is 5.75 Å². The molecular weight excluding hydrogens is 655 g/mol. The number of piperazine rings is 1. The van der Waals surface area contributed by atoms with Crippen molar-refractivity contribution in [2.45, 2.75) is 30.3 Å². The highest BCUT2D eigenvalue weighted by Gasteiger charge is 2.45. The summed E-state index contributed by atoms with van der Waals surface area (Å²) in [5.74, 6) is -0.750. The molecule has 0 saturated carbocycles. The van der Waals surface area contributed by atoms with Crippen LogP contribution in [0.25, 0.3) is 0 Å². The number of rotatable bonds is 10. The standard InChI is InChI=1S/C31H32Cl2N6O6S/c1-22(40)36-24-3-9-28(10-4-24)46(41,42)39-14-12-37(13-15-39)25-5-7-26(8-6-25)43-17-27-18-44-31(45-27,19-38-21-34-20-35-38)29-11-2-23(32)16-30(29)33/h2-11,16,20-21,27H,12-15,17-19H2,1H3,(H,36,40). The summed E-state index contributed by atoms with van der Waals surface area (Å²) in [6.07, 6.45) is 2.64. The fraction of sp³-hybridized carbons (Fsp3) is 0.323. The van der Waals surface area contributed by atoms with Crippen molar-refractivity contribution in [3.63, 3.8) is 0 Å². The maximum absolute atomic E-state index is 13.2. The average molecular weight is 688 g/mol. The summed E-state index contributed by atoms with van der Waals surface area (Å²) >= 11 is 12.7. The molecule has 0 radical (unpaired) electrons. The van der Waals surface area contributed by atoms with E-state index in [1.807, 2.05) is 24.3 Å². The number of carbonyl (C=O) groups is 1. The SMILES string of the molecule is CC(=O)Nc1ccc(S(=O)(=O)N2CCN(c3ccc(OCC4COC(Cn5cncn5)(c5ccc(Cl)cc5Cl)O4)cc3)CC2)cc1. The normalized spacial score (nSPS) is 20.5. The molecule has 2 unspecified atom stereocenters. The molecular formula is C31H32Cl2N6O6S. The van der Waals surface area contributed by atoms with Gasteiger partial charge in [0.15, 0.2) is 0 Å². The average Bonchev–Trinajstić information content (AvgIpc) is 3.71. The number of benzene rings is 3. The number of sulfonamides is 1. The van der Waals surface area contributed by atoms with Gasteiger partial charge in [-0.15, -0.1) is 0 Å². The lowest BCUT2D eigenvalue weighted by Crippen LogP contribution is -2.48. The van der Waals surface area contributed by atoms with Gasteiger partial charge in [0.1, 0.15) is 37.7 Å². The summed E-state index contributed by atoms with van der Waals surface area (Å²) in [6, 6.07) is 19.0. The first kappa shape index (κ1) is 32.2. The summed E-state index contributed by atoms with van der Waals surface area (Å²) in [7, 11) is -3.65. The number of hydrogen-bond acceptors (Lipinski definition) is 9. The maximum Gasteiger partial charge on any atom is 0.243 e. The first-order valence-corrected chi connectivity index (χ1v) is 16.8. The van der Waals surface area contributed by atoms with Crippen molar-refractivity contribution >= 4 is 50.5 Å². The Balaban J connectivity index is 1.03. The largest absolute Gasteiger partial charge is 0.491 e. The Kier molecular flexibility index (Phi) is 9.50. The lowest BCUT2D eigenvalue weighted by Gasteiger charge is -2.35. The fourth-order valence-electron chi connectivity index (χ4n) is 5.47. The molecule has 2 fully saturated rings. The number of anilines is 2. The van der Waals surface area contributed by atoms with Crippen LogP contribution in [0.1, 0.15) is 12.5 Å². The quantitative estimate of drug-likeness (QED) is 0.258. The number of halogens is 2. The van der Waals surface area contributed by atoms with Crippen LogP contribution in [-0.4, -0.2) is 78.9 Å². The zero-order chi connectivity index (χ0) is 32.3. The van der Waals surface area contributed by atoms with Gasteiger partial charge in [-0.25, -0.2) is 18.1 Å². The molecule has 1 N–H and O–H groups in total. The third-order valence-corrected chi connectivity index (χ3v) is 10.2. The third-order valence-electron chi connectivity index (χ3n) is 7.73. The number of carbonyl (C=O) groups excluding carboxylic acids is 1. The number of aromatic nitrogens is 3. The Labute approximate surface area is 276 Å². The van der Waals surface area contributed by atoms with Crippen LogP contribution < -0.4 is 15.0 Å². The minimum atomic E-state index is -3.65. The second-order valence-corrected chi connectivity index (χ2v) is 13.7. The number of nitrogens with one attached hydrogen (secondary N) is 1. The van der Waals surface area contributed by atoms with Crippen LogP contribution in [0.2, 0.25) is 10.0 Å². The Morgan fingerprint density at radius 1 is 1.04 bits per heavy atom. The summed E-state index contributed by atoms with van der Waals surface area (Å²) in [5.41, 5.74) is 2.15. The minimum Gasteiger partial charge on any atom is -0.491 e. The summed E-state index contributed by atoms with van der Waals surface area (Å²) in [6.45, 7) is 3.93. The zero-order valence-corrected chi connectivity index (χ0v) is 27.2. The Bertz CT molecular complexity index is 1770. The van der Waals surface area contributed by atoms with Crippen molar-refractivity contribution in [1.29, 1.82) is 0 Å². The van der Waals surface area contributed by atoms with Gasteiger partial charge in [-0.2, -0.15) is 9.40 Å². The van der Waals surface area contributed by atoms with Crippen molar-refractivity contribution in [1.82, 2.24) is 19.1 Å². The molecule has 3 aromatic carbocycles. The van der Waals surface area contributed by atoms with Crippen LogP contribution in [-0.2, 0) is 36.6 Å². The van der Waals surface area contributed by atoms with Gasteiger partial charge in [0.05, 0.1) is 16.5 Å². The molecule has 0 bridgehead atoms. The predicted molar refractivity (Wildman–Crippen MR) is 173 cm³/mol. The van der Waals surface area contributed by atoms with Gasteiger partial charge >= 0.3 is 0 Å². The van der Waals surface area contributed by atoms with E-state index in [9.17, 15) is 13.2 Å². The highest BCUT2D eigenvalue weighted by Crippen LogP contribution is 2.40. The smallest absolute Gasteiger partial charge is 0.243 e. The fourth-order valence-corrected chi connectivity index (χ4v) is 7.45. The van der Waals surface area contributed by atoms with Crippen LogP contribution >= 0.6 is 23.2 Å². The van der Waals surface area contributed by atoms with Crippen LogP contribution in [0.15, 0.2) is 84.3 Å². The van der Waals surface area contributed by atoms with E-state index >= 15 is 0 Å². The van der Waals surface area contributed by atoms with Crippen molar-refractivity contribution in [2.75, 3.05) is 49.6 Å². The molecule has 1 aromatic heterocycles. The van der Waals surface area contributed by atoms with E-state index < -0.39 is 15.8 Å². The first-order chi connectivity index (χ1) is 22.1. The molecule has 0 aliphatic carbocycles. The van der Waals surface area contributed by atoms with E-state index in [4.69, 9.17) is 37.4 Å². The van der Waals surface area contributed by atoms with Crippen molar-refractivity contribution in [3.05, 3.63) is 95.0 Å². The topological polar surface area (TPSA) is 128 Å². The van der Waals surface area contributed by atoms with E-state index in [-0.39, 0.29) is 36.7 Å². The Morgan fingerprint density at radius 3 is 2.43 bits per heavy atom. The molecule has 4 aromatic rings. The van der Waals surface area contributed by atoms with Crippen LogP contribution in [0.3, 0.4) is 0 Å². The van der Waals surface area contributed by atoms with Gasteiger partial charge < -0.3 is 24.4 Å². The van der Waals surface area contributed by atoms with Crippen LogP contribution in [0.4, 0.5) is 11.4 Å². The zero-order valence-electron chi connectivity index (χ0n) is 24.9. The molecule has 242 valence electrons. The van der Waals surface area contributed by atoms with Gasteiger partial charge in [0.25, 0.3) is 0 Å². The maximum atomic E-state index is 13.2. The predicted octanol–water partition coefficient (Wildman–Crippen LogP) is 4.40. The lowest BCUT2D eigenvalue weighted by atomic mass is 10.1. The minimum absolute atomic E-state index is 0.195. The monoisotopic (exact) mass is 686 g/mol. The molecule has 46 heavy (non-hydrogen) atoms. The van der Waals surface area contributed by atoms with Gasteiger partial charge in [0.2, 0.25) is 21.7 Å². The Morgan fingerprint density at radius 2 is 1.78 bits per heavy atom. The highest BCUT2D eigenvalue weighted by atomic mass is 35.5. The summed E-state index contributed by atoms with van der Waals surface area (Å²) in [4.78, 5) is 17.6. The number of ether oxygens (including phenoxy) is 3. The van der Waals surface area contributed by atoms with Gasteiger partial charge in [0, 0.05) is 55.1 Å². The van der Waals surface area contributed by atoms with E-state index in [1.165, 1.54) is 29.7 Å². The first-order valence-electron chi connectivity index (χ1n) is 14.6. The molecule has 2 aliphatic heterocycles. The van der Waals surface area contributed by atoms with Crippen LogP contribution in [0, 0.1) is 0 Å². The van der Waals surface area contributed by atoms with Crippen molar-refractivity contribution in [2.24, 2.45) is 0 Å². The molecule has 2 saturated heterocycles. The van der Waals surface area contributed by atoms with Gasteiger partial charge in [-0.3, -0.25) is 4.79 Å². The third kappa shape index (κ3) is 7.14. The van der Waals surface area contributed by atoms with Gasteiger partial charge in [-0.05, 0) is 60.7 Å². The molecule has 3 heterocycles. The summed E-state index contributed by atoms with van der Waals surface area (Å²) in [5, 5.41) is 7.77. The number of hydrogen-bond donors (Lipinski definition) is 1.